The van der Waals surface area contributed by atoms with E-state index in [9.17, 15) is 14.4 Å². The number of halogens is 1. The van der Waals surface area contributed by atoms with Crippen LogP contribution in [0.15, 0.2) is 36.5 Å². The van der Waals surface area contributed by atoms with Crippen molar-refractivity contribution in [2.45, 2.75) is 26.3 Å². The number of nitrogens with zero attached hydrogens (tertiary/aromatic N) is 5. The first-order valence-electron chi connectivity index (χ1n) is 10.8. The molecule has 9 heteroatoms. The molecule has 4 heterocycles. The van der Waals surface area contributed by atoms with Crippen LogP contribution in [0.25, 0.3) is 16.9 Å². The highest BCUT2D eigenvalue weighted by Gasteiger charge is 2.28. The van der Waals surface area contributed by atoms with Crippen LogP contribution in [0, 0.1) is 23.1 Å². The largest absolute Gasteiger partial charge is 0.400 e. The van der Waals surface area contributed by atoms with Gasteiger partial charge >= 0.3 is 0 Å². The van der Waals surface area contributed by atoms with Gasteiger partial charge in [0.05, 0.1) is 46.4 Å². The summed E-state index contributed by atoms with van der Waals surface area (Å²) in [6, 6.07) is 9.95. The number of nitrogens with one attached hydrogen (secondary N) is 1. The molecule has 2 N–H and O–H groups in total. The Kier molecular flexibility index (Phi) is 6.38. The van der Waals surface area contributed by atoms with Crippen molar-refractivity contribution in [1.29, 1.82) is 5.26 Å². The van der Waals surface area contributed by atoms with E-state index in [-0.39, 0.29) is 23.6 Å². The van der Waals surface area contributed by atoms with E-state index in [0.29, 0.717) is 28.6 Å². The molecule has 1 saturated heterocycles. The minimum absolute atomic E-state index is 0.130. The molecule has 1 unspecified atom stereocenters. The molecule has 33 heavy (non-hydrogen) atoms. The zero-order valence-corrected chi connectivity index (χ0v) is 18.5. The third-order valence-corrected chi connectivity index (χ3v) is 5.91. The molecule has 8 nitrogen and oxygen atoms in total. The van der Waals surface area contributed by atoms with Crippen molar-refractivity contribution in [2.24, 2.45) is 5.92 Å². The Labute approximate surface area is 191 Å². The smallest absolute Gasteiger partial charge is 0.255 e. The van der Waals surface area contributed by atoms with Crippen molar-refractivity contribution in [2.75, 3.05) is 25.1 Å². The number of benzene rings is 1. The first-order chi connectivity index (χ1) is 16.0. The molecule has 1 amide bonds. The number of fused-ring (bicyclic) bond motifs is 1. The zero-order chi connectivity index (χ0) is 23.5. The summed E-state index contributed by atoms with van der Waals surface area (Å²) in [6.45, 7) is 4.38. The second-order valence-electron chi connectivity index (χ2n) is 8.12. The van der Waals surface area contributed by atoms with E-state index in [1.807, 2.05) is 18.3 Å². The highest BCUT2D eigenvalue weighted by molar-refractivity contribution is 6.01. The van der Waals surface area contributed by atoms with Gasteiger partial charge in [0, 0.05) is 32.5 Å². The number of piperidine rings is 1. The van der Waals surface area contributed by atoms with Gasteiger partial charge in [-0.15, -0.1) is 0 Å². The average Bonchev–Trinajstić information content (AvgIpc) is 3.47. The SMILES string of the molecule is CC1CCCN(c2ccn(-c3cc(-c4c(F)cccc4C#N)nc4c3C(=O)NC4)n2)C1.CO. The highest BCUT2D eigenvalue weighted by Crippen LogP contribution is 2.32. The lowest BCUT2D eigenvalue weighted by molar-refractivity contribution is 0.0965. The van der Waals surface area contributed by atoms with Gasteiger partial charge in [0.25, 0.3) is 5.91 Å². The van der Waals surface area contributed by atoms with Crippen LogP contribution in [0.2, 0.25) is 0 Å². The number of aliphatic hydroxyl groups excluding tert-OH is 1. The van der Waals surface area contributed by atoms with Crippen LogP contribution in [0.3, 0.4) is 0 Å². The molecule has 0 radical (unpaired) electrons. The molecule has 2 aliphatic rings. The standard InChI is InChI=1S/C23H21FN6O.CH4O/c1-14-4-3-8-29(13-14)20-7-9-30(28-20)19-10-17(27-18-12-26-23(31)22(18)19)21-15(11-25)5-2-6-16(21)24;1-2/h2,5-7,9-10,14H,3-4,8,12-13H2,1H3,(H,26,31);2H,1H3. The number of aromatic nitrogens is 3. The van der Waals surface area contributed by atoms with Crippen LogP contribution in [0.5, 0.6) is 0 Å². The number of hydrogen-bond acceptors (Lipinski definition) is 6. The molecule has 2 aromatic heterocycles. The highest BCUT2D eigenvalue weighted by atomic mass is 19.1. The molecule has 0 bridgehead atoms. The normalized spacial score (nSPS) is 17.0. The van der Waals surface area contributed by atoms with Crippen LogP contribution >= 0.6 is 0 Å². The molecule has 0 aliphatic carbocycles. The Balaban J connectivity index is 0.00000126. The summed E-state index contributed by atoms with van der Waals surface area (Å²) in [5, 5.41) is 24.0. The van der Waals surface area contributed by atoms with Gasteiger partial charge in [-0.05, 0) is 37.0 Å². The van der Waals surface area contributed by atoms with E-state index in [4.69, 9.17) is 10.2 Å². The predicted molar refractivity (Wildman–Crippen MR) is 121 cm³/mol. The van der Waals surface area contributed by atoms with Gasteiger partial charge in [-0.2, -0.15) is 10.4 Å². The van der Waals surface area contributed by atoms with Crippen molar-refractivity contribution in [3.63, 3.8) is 0 Å². The van der Waals surface area contributed by atoms with Crippen molar-refractivity contribution >= 4 is 11.7 Å². The Morgan fingerprint density at radius 3 is 2.85 bits per heavy atom. The summed E-state index contributed by atoms with van der Waals surface area (Å²) in [5.74, 6) is 0.688. The quantitative estimate of drug-likeness (QED) is 0.638. The second kappa shape index (κ2) is 9.38. The van der Waals surface area contributed by atoms with Crippen LogP contribution in [-0.2, 0) is 6.54 Å². The molecular formula is C24H25FN6O2. The van der Waals surface area contributed by atoms with E-state index in [0.717, 1.165) is 32.4 Å². The lowest BCUT2D eigenvalue weighted by atomic mass is 10.0. The molecule has 170 valence electrons. The summed E-state index contributed by atoms with van der Waals surface area (Å²) < 4.78 is 16.3. The number of carbonyl (C=O) groups excluding carboxylic acids is 1. The lowest BCUT2D eigenvalue weighted by Gasteiger charge is -2.30. The van der Waals surface area contributed by atoms with Crippen LogP contribution in [-0.4, -0.2) is 46.0 Å². The molecule has 1 fully saturated rings. The fraction of sp³-hybridized carbons (Fsp3) is 0.333. The number of carbonyl (C=O) groups is 1. The summed E-state index contributed by atoms with van der Waals surface area (Å²) in [5.41, 5.74) is 2.11. The maximum atomic E-state index is 14.7. The molecule has 2 aliphatic heterocycles. The maximum absolute atomic E-state index is 14.7. The van der Waals surface area contributed by atoms with E-state index in [2.05, 4.69) is 22.1 Å². The number of hydrogen-bond donors (Lipinski definition) is 2. The van der Waals surface area contributed by atoms with Crippen LogP contribution in [0.4, 0.5) is 10.2 Å². The lowest BCUT2D eigenvalue weighted by Crippen LogP contribution is -2.34. The molecule has 0 saturated carbocycles. The van der Waals surface area contributed by atoms with Gasteiger partial charge in [-0.3, -0.25) is 4.79 Å². The van der Waals surface area contributed by atoms with Gasteiger partial charge in [-0.25, -0.2) is 14.1 Å². The fourth-order valence-corrected chi connectivity index (χ4v) is 4.41. The minimum atomic E-state index is -0.529. The Bertz CT molecular complexity index is 1230. The maximum Gasteiger partial charge on any atom is 0.255 e. The van der Waals surface area contributed by atoms with E-state index in [1.54, 1.807) is 16.8 Å². The van der Waals surface area contributed by atoms with E-state index in [1.165, 1.54) is 18.6 Å². The average molecular weight is 449 g/mol. The Morgan fingerprint density at radius 2 is 2.09 bits per heavy atom. The van der Waals surface area contributed by atoms with Gasteiger partial charge in [0.15, 0.2) is 5.82 Å². The number of anilines is 1. The summed E-state index contributed by atoms with van der Waals surface area (Å²) in [6.07, 6.45) is 4.14. The first-order valence-corrected chi connectivity index (χ1v) is 10.8. The van der Waals surface area contributed by atoms with Crippen molar-refractivity contribution < 1.29 is 14.3 Å². The molecule has 5 rings (SSSR count). The summed E-state index contributed by atoms with van der Waals surface area (Å²) >= 11 is 0. The first kappa shape index (κ1) is 22.4. The predicted octanol–water partition coefficient (Wildman–Crippen LogP) is 3.03. The van der Waals surface area contributed by atoms with Gasteiger partial charge in [0.1, 0.15) is 5.82 Å². The summed E-state index contributed by atoms with van der Waals surface area (Å²) in [4.78, 5) is 19.3. The number of rotatable bonds is 3. The van der Waals surface area contributed by atoms with Gasteiger partial charge in [0.2, 0.25) is 0 Å². The number of aliphatic hydroxyl groups is 1. The van der Waals surface area contributed by atoms with E-state index >= 15 is 0 Å². The zero-order valence-electron chi connectivity index (χ0n) is 18.5. The molecule has 3 aromatic rings. The van der Waals surface area contributed by atoms with Crippen molar-refractivity contribution in [3.05, 3.63) is 59.2 Å². The van der Waals surface area contributed by atoms with E-state index < -0.39 is 5.82 Å². The van der Waals surface area contributed by atoms with Gasteiger partial charge < -0.3 is 15.3 Å². The topological polar surface area (TPSA) is 107 Å². The number of nitriles is 1. The Hall–Kier alpha value is -3.77. The minimum Gasteiger partial charge on any atom is -0.400 e. The Morgan fingerprint density at radius 1 is 1.27 bits per heavy atom. The van der Waals surface area contributed by atoms with Crippen LogP contribution in [0.1, 0.15) is 41.4 Å². The van der Waals surface area contributed by atoms with Crippen LogP contribution < -0.4 is 10.2 Å². The van der Waals surface area contributed by atoms with Crippen molar-refractivity contribution in [1.82, 2.24) is 20.1 Å². The second-order valence-corrected chi connectivity index (χ2v) is 8.12. The number of pyridine rings is 1. The number of amides is 1. The fourth-order valence-electron chi connectivity index (χ4n) is 4.41. The third kappa shape index (κ3) is 4.17. The molecule has 1 atom stereocenters. The molecule has 1 aromatic carbocycles. The van der Waals surface area contributed by atoms with Crippen molar-refractivity contribution in [3.8, 4) is 23.0 Å². The monoisotopic (exact) mass is 448 g/mol. The molecular weight excluding hydrogens is 423 g/mol. The third-order valence-electron chi connectivity index (χ3n) is 5.91. The molecule has 0 spiro atoms. The summed E-state index contributed by atoms with van der Waals surface area (Å²) in [7, 11) is 1.00. The van der Waals surface area contributed by atoms with Gasteiger partial charge in [-0.1, -0.05) is 13.0 Å².